The molecule has 10 heteroatoms. The van der Waals surface area contributed by atoms with Crippen molar-refractivity contribution < 1.29 is 23.7 Å². The van der Waals surface area contributed by atoms with E-state index in [0.717, 1.165) is 22.6 Å². The molecule has 0 fully saturated rings. The Balaban J connectivity index is 1.56. The van der Waals surface area contributed by atoms with E-state index in [1.165, 1.54) is 0 Å². The van der Waals surface area contributed by atoms with Gasteiger partial charge in [0.05, 0.1) is 18.9 Å². The van der Waals surface area contributed by atoms with Gasteiger partial charge in [-0.1, -0.05) is 6.07 Å². The summed E-state index contributed by atoms with van der Waals surface area (Å²) in [6.07, 6.45) is 3.94. The third-order valence-electron chi connectivity index (χ3n) is 5.75. The first-order valence-corrected chi connectivity index (χ1v) is 12.7. The van der Waals surface area contributed by atoms with Gasteiger partial charge in [-0.3, -0.25) is 10.4 Å². The fourth-order valence-electron chi connectivity index (χ4n) is 3.97. The van der Waals surface area contributed by atoms with E-state index < -0.39 is 11.6 Å². The van der Waals surface area contributed by atoms with E-state index in [2.05, 4.69) is 20.8 Å². The second-order valence-corrected chi connectivity index (χ2v) is 8.99. The normalized spacial score (nSPS) is 17.1. The van der Waals surface area contributed by atoms with Crippen molar-refractivity contribution in [1.82, 2.24) is 10.4 Å². The third-order valence-corrected chi connectivity index (χ3v) is 5.95. The average molecular weight is 535 g/mol. The van der Waals surface area contributed by atoms with Crippen LogP contribution in [-0.4, -0.2) is 41.6 Å². The van der Waals surface area contributed by atoms with Crippen LogP contribution in [0.25, 0.3) is 0 Å². The summed E-state index contributed by atoms with van der Waals surface area (Å²) in [5.41, 5.74) is 5.38. The predicted octanol–water partition coefficient (Wildman–Crippen LogP) is 4.81. The number of aromatic nitrogens is 1. The average Bonchev–Trinajstić information content (AvgIpc) is 2.92. The van der Waals surface area contributed by atoms with Crippen molar-refractivity contribution in [2.45, 2.75) is 32.8 Å². The largest absolute Gasteiger partial charge is 0.494 e. The summed E-state index contributed by atoms with van der Waals surface area (Å²) in [4.78, 5) is 16.0. The zero-order valence-corrected chi connectivity index (χ0v) is 22.3. The van der Waals surface area contributed by atoms with E-state index in [1.54, 1.807) is 37.5 Å². The molecule has 9 nitrogen and oxygen atoms in total. The van der Waals surface area contributed by atoms with E-state index in [9.17, 15) is 4.79 Å². The first-order valence-electron chi connectivity index (χ1n) is 12.3. The molecule has 198 valence electrons. The zero-order chi connectivity index (χ0) is 27.0. The first-order chi connectivity index (χ1) is 18.4. The summed E-state index contributed by atoms with van der Waals surface area (Å²) in [6, 6.07) is 16.7. The van der Waals surface area contributed by atoms with Crippen LogP contribution < -0.4 is 25.0 Å². The monoisotopic (exact) mass is 534 g/mol. The summed E-state index contributed by atoms with van der Waals surface area (Å²) >= 11 is 5.48. The Labute approximate surface area is 227 Å². The van der Waals surface area contributed by atoms with Crippen LogP contribution >= 0.6 is 12.2 Å². The Hall–Kier alpha value is -4.18. The van der Waals surface area contributed by atoms with Gasteiger partial charge in [0.25, 0.3) is 0 Å². The minimum atomic E-state index is -0.709. The second kappa shape index (κ2) is 12.4. The van der Waals surface area contributed by atoms with E-state index in [1.807, 2.05) is 50.2 Å². The Morgan fingerprint density at radius 2 is 1.89 bits per heavy atom. The molecule has 4 rings (SSSR count). The summed E-state index contributed by atoms with van der Waals surface area (Å²) in [5.74, 6) is 1.46. The maximum atomic E-state index is 11.8. The van der Waals surface area contributed by atoms with Crippen LogP contribution in [0.5, 0.6) is 17.2 Å². The molecule has 0 bridgehead atoms. The number of carbonyl (C=O) groups is 1. The van der Waals surface area contributed by atoms with Gasteiger partial charge in [-0.15, -0.1) is 0 Å². The van der Waals surface area contributed by atoms with Gasteiger partial charge < -0.3 is 24.3 Å². The summed E-state index contributed by atoms with van der Waals surface area (Å²) in [5, 5.41) is 8.10. The predicted molar refractivity (Wildman–Crippen MR) is 149 cm³/mol. The number of carbonyl (C=O) groups excluding carboxylic acids is 1. The van der Waals surface area contributed by atoms with Gasteiger partial charge in [0.1, 0.15) is 22.8 Å². The van der Waals surface area contributed by atoms with E-state index in [-0.39, 0.29) is 6.61 Å². The number of nitrogens with zero attached hydrogens (tertiary/aromatic N) is 2. The number of rotatable bonds is 9. The van der Waals surface area contributed by atoms with Crippen molar-refractivity contribution in [2.75, 3.05) is 25.1 Å². The maximum Gasteiger partial charge on any atom is 0.344 e. The lowest BCUT2D eigenvalue weighted by Crippen LogP contribution is -2.38. The van der Waals surface area contributed by atoms with Crippen molar-refractivity contribution in [3.63, 3.8) is 0 Å². The van der Waals surface area contributed by atoms with Crippen LogP contribution in [0, 0.1) is 0 Å². The standard InChI is InChI=1S/C28H30N4O5S/c1-4-34-21-10-8-20(9-11-21)30-27(38)32-31-24-16-28(3,19-7-6-14-29-17-19)37-25-13-12-22(15-23(24)25)36-18-26(33)35-5-2/h6-15,17H,4-5,16,18H2,1-3H3,(H2,30,32,38). The highest BCUT2D eigenvalue weighted by Gasteiger charge is 2.37. The molecule has 0 aliphatic carbocycles. The third kappa shape index (κ3) is 6.77. The number of ether oxygens (including phenoxy) is 4. The van der Waals surface area contributed by atoms with E-state index >= 15 is 0 Å². The number of hydrogen-bond donors (Lipinski definition) is 2. The number of fused-ring (bicyclic) bond motifs is 1. The highest BCUT2D eigenvalue weighted by atomic mass is 32.1. The molecule has 2 heterocycles. The highest BCUT2D eigenvalue weighted by molar-refractivity contribution is 7.80. The van der Waals surface area contributed by atoms with Crippen LogP contribution in [0.1, 0.15) is 38.3 Å². The summed E-state index contributed by atoms with van der Waals surface area (Å²) in [6.45, 7) is 6.38. The van der Waals surface area contributed by atoms with Crippen molar-refractivity contribution in [3.05, 3.63) is 78.1 Å². The first kappa shape index (κ1) is 26.9. The fraction of sp³-hybridized carbons (Fsp3) is 0.286. The van der Waals surface area contributed by atoms with Crippen LogP contribution in [0.2, 0.25) is 0 Å². The van der Waals surface area contributed by atoms with Crippen molar-refractivity contribution >= 4 is 34.7 Å². The molecule has 1 aromatic heterocycles. The summed E-state index contributed by atoms with van der Waals surface area (Å²) < 4.78 is 22.5. The van der Waals surface area contributed by atoms with Crippen LogP contribution in [-0.2, 0) is 15.1 Å². The van der Waals surface area contributed by atoms with Crippen LogP contribution in [0.3, 0.4) is 0 Å². The molecule has 0 amide bonds. The number of anilines is 1. The number of nitrogens with one attached hydrogen (secondary N) is 2. The van der Waals surface area contributed by atoms with Crippen molar-refractivity contribution in [3.8, 4) is 17.2 Å². The Kier molecular flexibility index (Phi) is 8.75. The number of esters is 1. The molecule has 0 saturated heterocycles. The number of pyridine rings is 1. The van der Waals surface area contributed by atoms with Crippen LogP contribution in [0.4, 0.5) is 5.69 Å². The molecule has 0 saturated carbocycles. The molecular formula is C28H30N4O5S. The van der Waals surface area contributed by atoms with Crippen LogP contribution in [0.15, 0.2) is 72.1 Å². The summed E-state index contributed by atoms with van der Waals surface area (Å²) in [7, 11) is 0. The quantitative estimate of drug-likeness (QED) is 0.227. The molecule has 3 aromatic rings. The van der Waals surface area contributed by atoms with Crippen molar-refractivity contribution in [2.24, 2.45) is 5.10 Å². The van der Waals surface area contributed by atoms with Gasteiger partial charge in [-0.05, 0) is 81.5 Å². The lowest BCUT2D eigenvalue weighted by molar-refractivity contribution is -0.145. The van der Waals surface area contributed by atoms with Gasteiger partial charge in [0, 0.05) is 35.6 Å². The zero-order valence-electron chi connectivity index (χ0n) is 21.5. The minimum absolute atomic E-state index is 0.193. The lowest BCUT2D eigenvalue weighted by atomic mass is 9.86. The highest BCUT2D eigenvalue weighted by Crippen LogP contribution is 2.40. The molecule has 2 aromatic carbocycles. The Morgan fingerprint density at radius 1 is 1.11 bits per heavy atom. The van der Waals surface area contributed by atoms with Gasteiger partial charge in [-0.2, -0.15) is 5.10 Å². The van der Waals surface area contributed by atoms with Crippen molar-refractivity contribution in [1.29, 1.82) is 0 Å². The molecule has 2 N–H and O–H groups in total. The Bertz CT molecular complexity index is 1300. The molecule has 1 aliphatic rings. The molecule has 1 aliphatic heterocycles. The fourth-order valence-corrected chi connectivity index (χ4v) is 4.13. The SMILES string of the molecule is CCOC(=O)COc1ccc2c(c1)C(=NNC(=S)Nc1ccc(OCC)cc1)CC(C)(c1cccnc1)O2. The minimum Gasteiger partial charge on any atom is -0.494 e. The molecule has 0 spiro atoms. The number of hydrogen-bond acceptors (Lipinski definition) is 8. The smallest absolute Gasteiger partial charge is 0.344 e. The number of thiocarbonyl (C=S) groups is 1. The molecule has 1 atom stereocenters. The topological polar surface area (TPSA) is 103 Å². The lowest BCUT2D eigenvalue weighted by Gasteiger charge is -2.36. The number of benzene rings is 2. The molecule has 38 heavy (non-hydrogen) atoms. The van der Waals surface area contributed by atoms with E-state index in [0.29, 0.717) is 42.0 Å². The second-order valence-electron chi connectivity index (χ2n) is 8.58. The van der Waals surface area contributed by atoms with Gasteiger partial charge in [0.15, 0.2) is 11.7 Å². The molecular weight excluding hydrogens is 504 g/mol. The van der Waals surface area contributed by atoms with Gasteiger partial charge >= 0.3 is 5.97 Å². The maximum absolute atomic E-state index is 11.8. The molecule has 0 radical (unpaired) electrons. The van der Waals surface area contributed by atoms with Gasteiger partial charge in [-0.25, -0.2) is 4.79 Å². The Morgan fingerprint density at radius 3 is 2.61 bits per heavy atom. The van der Waals surface area contributed by atoms with Gasteiger partial charge in [0.2, 0.25) is 0 Å². The number of hydrazone groups is 1. The van der Waals surface area contributed by atoms with E-state index in [4.69, 9.17) is 31.2 Å². The molecule has 1 unspecified atom stereocenters.